The molecule has 0 fully saturated rings. The van der Waals surface area contributed by atoms with Crippen molar-refractivity contribution < 1.29 is 4.79 Å². The van der Waals surface area contributed by atoms with Gasteiger partial charge in [-0.25, -0.2) is 0 Å². The lowest BCUT2D eigenvalue weighted by Gasteiger charge is -2.09. The first-order valence-corrected chi connectivity index (χ1v) is 6.07. The highest BCUT2D eigenvalue weighted by Crippen LogP contribution is 1.99. The van der Waals surface area contributed by atoms with E-state index >= 15 is 0 Å². The van der Waals surface area contributed by atoms with Crippen molar-refractivity contribution in [1.82, 2.24) is 15.6 Å². The van der Waals surface area contributed by atoms with Gasteiger partial charge in [-0.3, -0.25) is 9.78 Å². The van der Waals surface area contributed by atoms with Crippen molar-refractivity contribution in [2.45, 2.75) is 32.7 Å². The number of pyridine rings is 1. The zero-order valence-electron chi connectivity index (χ0n) is 10.6. The van der Waals surface area contributed by atoms with Crippen LogP contribution in [0.1, 0.15) is 25.8 Å². The summed E-state index contributed by atoms with van der Waals surface area (Å²) in [7, 11) is 0. The third-order valence-electron chi connectivity index (χ3n) is 2.36. The van der Waals surface area contributed by atoms with E-state index < -0.39 is 0 Å². The van der Waals surface area contributed by atoms with Gasteiger partial charge in [0, 0.05) is 37.9 Å². The van der Waals surface area contributed by atoms with Gasteiger partial charge in [0.2, 0.25) is 5.91 Å². The Bertz CT molecular complexity index is 325. The van der Waals surface area contributed by atoms with Crippen LogP contribution in [0.25, 0.3) is 0 Å². The average molecular weight is 235 g/mol. The molecule has 17 heavy (non-hydrogen) atoms. The summed E-state index contributed by atoms with van der Waals surface area (Å²) in [5.74, 6) is 0.0967. The molecule has 0 aromatic carbocycles. The van der Waals surface area contributed by atoms with Gasteiger partial charge in [-0.05, 0) is 18.1 Å². The summed E-state index contributed by atoms with van der Waals surface area (Å²) in [6.45, 7) is 5.68. The maximum atomic E-state index is 11.5. The van der Waals surface area contributed by atoms with Crippen LogP contribution in [0, 0.1) is 0 Å². The van der Waals surface area contributed by atoms with E-state index in [0.29, 0.717) is 19.0 Å². The molecule has 4 heteroatoms. The summed E-state index contributed by atoms with van der Waals surface area (Å²) in [6.07, 6.45) is 4.80. The topological polar surface area (TPSA) is 54.0 Å². The molecule has 2 N–H and O–H groups in total. The fourth-order valence-corrected chi connectivity index (χ4v) is 1.46. The van der Waals surface area contributed by atoms with Crippen molar-refractivity contribution in [1.29, 1.82) is 0 Å². The van der Waals surface area contributed by atoms with E-state index in [0.717, 1.165) is 18.5 Å². The van der Waals surface area contributed by atoms with Crippen LogP contribution in [-0.4, -0.2) is 30.0 Å². The third kappa shape index (κ3) is 6.68. The van der Waals surface area contributed by atoms with Gasteiger partial charge < -0.3 is 10.6 Å². The number of carbonyl (C=O) groups is 1. The Hall–Kier alpha value is -1.42. The molecule has 1 aromatic rings. The first kappa shape index (κ1) is 13.6. The first-order valence-electron chi connectivity index (χ1n) is 6.07. The Kier molecular flexibility index (Phi) is 6.25. The first-order chi connectivity index (χ1) is 8.18. The average Bonchev–Trinajstić information content (AvgIpc) is 2.33. The maximum Gasteiger partial charge on any atom is 0.220 e. The highest BCUT2D eigenvalue weighted by Gasteiger charge is 2.01. The SMILES string of the molecule is CC(C)NCCNC(=O)CCc1cccnc1. The van der Waals surface area contributed by atoms with Gasteiger partial charge >= 0.3 is 0 Å². The second-order valence-corrected chi connectivity index (χ2v) is 4.32. The molecule has 1 amide bonds. The van der Waals surface area contributed by atoms with Crippen LogP contribution in [0.15, 0.2) is 24.5 Å². The van der Waals surface area contributed by atoms with Crippen LogP contribution >= 0.6 is 0 Å². The molecule has 0 saturated carbocycles. The molecule has 4 nitrogen and oxygen atoms in total. The molecule has 0 spiro atoms. The van der Waals surface area contributed by atoms with E-state index in [1.165, 1.54) is 0 Å². The van der Waals surface area contributed by atoms with Gasteiger partial charge in [-0.2, -0.15) is 0 Å². The molecule has 0 radical (unpaired) electrons. The highest BCUT2D eigenvalue weighted by atomic mass is 16.1. The number of amides is 1. The number of aromatic nitrogens is 1. The van der Waals surface area contributed by atoms with Crippen LogP contribution in [-0.2, 0) is 11.2 Å². The summed E-state index contributed by atoms with van der Waals surface area (Å²) in [5, 5.41) is 6.14. The van der Waals surface area contributed by atoms with Crippen LogP contribution in [0.3, 0.4) is 0 Å². The monoisotopic (exact) mass is 235 g/mol. The Balaban J connectivity index is 2.09. The standard InChI is InChI=1S/C13H21N3O/c1-11(2)15-8-9-16-13(17)6-5-12-4-3-7-14-10-12/h3-4,7,10-11,15H,5-6,8-9H2,1-2H3,(H,16,17). The summed E-state index contributed by atoms with van der Waals surface area (Å²) < 4.78 is 0. The number of carbonyl (C=O) groups excluding carboxylic acids is 1. The molecule has 1 rings (SSSR count). The van der Waals surface area contributed by atoms with Gasteiger partial charge in [0.25, 0.3) is 0 Å². The summed E-state index contributed by atoms with van der Waals surface area (Å²) in [6, 6.07) is 4.34. The van der Waals surface area contributed by atoms with E-state index in [4.69, 9.17) is 0 Å². The molecule has 0 saturated heterocycles. The zero-order chi connectivity index (χ0) is 12.5. The number of aryl methyl sites for hydroxylation is 1. The van der Waals surface area contributed by atoms with E-state index in [2.05, 4.69) is 29.5 Å². The predicted molar refractivity (Wildman–Crippen MR) is 68.7 cm³/mol. The third-order valence-corrected chi connectivity index (χ3v) is 2.36. The molecule has 0 bridgehead atoms. The summed E-state index contributed by atoms with van der Waals surface area (Å²) in [4.78, 5) is 15.5. The lowest BCUT2D eigenvalue weighted by molar-refractivity contribution is -0.121. The lowest BCUT2D eigenvalue weighted by atomic mass is 10.1. The Labute approximate surface area is 103 Å². The van der Waals surface area contributed by atoms with E-state index in [-0.39, 0.29) is 5.91 Å². The largest absolute Gasteiger partial charge is 0.355 e. The molecule has 0 atom stereocenters. The van der Waals surface area contributed by atoms with E-state index in [1.807, 2.05) is 12.1 Å². The van der Waals surface area contributed by atoms with Crippen molar-refractivity contribution in [3.8, 4) is 0 Å². The molecule has 0 aliphatic heterocycles. The van der Waals surface area contributed by atoms with E-state index in [1.54, 1.807) is 12.4 Å². The predicted octanol–water partition coefficient (Wildman–Crippen LogP) is 1.13. The Morgan fingerprint density at radius 3 is 2.88 bits per heavy atom. The lowest BCUT2D eigenvalue weighted by Crippen LogP contribution is -2.34. The van der Waals surface area contributed by atoms with Crippen LogP contribution in [0.5, 0.6) is 0 Å². The Morgan fingerprint density at radius 1 is 1.41 bits per heavy atom. The fraction of sp³-hybridized carbons (Fsp3) is 0.538. The van der Waals surface area contributed by atoms with Gasteiger partial charge in [-0.15, -0.1) is 0 Å². The number of rotatable bonds is 7. The van der Waals surface area contributed by atoms with Gasteiger partial charge in [0.15, 0.2) is 0 Å². The Morgan fingerprint density at radius 2 is 2.24 bits per heavy atom. The minimum Gasteiger partial charge on any atom is -0.355 e. The number of hydrogen-bond donors (Lipinski definition) is 2. The van der Waals surface area contributed by atoms with E-state index in [9.17, 15) is 4.79 Å². The normalized spacial score (nSPS) is 10.5. The molecule has 1 aromatic heterocycles. The fourth-order valence-electron chi connectivity index (χ4n) is 1.46. The number of nitrogens with one attached hydrogen (secondary N) is 2. The van der Waals surface area contributed by atoms with Gasteiger partial charge in [0.05, 0.1) is 0 Å². The quantitative estimate of drug-likeness (QED) is 0.697. The van der Waals surface area contributed by atoms with Crippen LogP contribution in [0.4, 0.5) is 0 Å². The van der Waals surface area contributed by atoms with Crippen LogP contribution in [0.2, 0.25) is 0 Å². The summed E-state index contributed by atoms with van der Waals surface area (Å²) in [5.41, 5.74) is 1.10. The summed E-state index contributed by atoms with van der Waals surface area (Å²) >= 11 is 0. The number of hydrogen-bond acceptors (Lipinski definition) is 3. The van der Waals surface area contributed by atoms with Gasteiger partial charge in [-0.1, -0.05) is 19.9 Å². The molecular formula is C13H21N3O. The molecule has 1 heterocycles. The zero-order valence-corrected chi connectivity index (χ0v) is 10.6. The molecule has 0 aliphatic rings. The van der Waals surface area contributed by atoms with Crippen molar-refractivity contribution >= 4 is 5.91 Å². The smallest absolute Gasteiger partial charge is 0.220 e. The second kappa shape index (κ2) is 7.79. The maximum absolute atomic E-state index is 11.5. The highest BCUT2D eigenvalue weighted by molar-refractivity contribution is 5.76. The van der Waals surface area contributed by atoms with Crippen molar-refractivity contribution in [2.75, 3.05) is 13.1 Å². The minimum atomic E-state index is 0.0967. The molecular weight excluding hydrogens is 214 g/mol. The van der Waals surface area contributed by atoms with Crippen LogP contribution < -0.4 is 10.6 Å². The molecule has 94 valence electrons. The van der Waals surface area contributed by atoms with Crippen molar-refractivity contribution in [3.05, 3.63) is 30.1 Å². The number of nitrogens with zero attached hydrogens (tertiary/aromatic N) is 1. The van der Waals surface area contributed by atoms with Crippen molar-refractivity contribution in [3.63, 3.8) is 0 Å². The van der Waals surface area contributed by atoms with Gasteiger partial charge in [0.1, 0.15) is 0 Å². The van der Waals surface area contributed by atoms with Crippen molar-refractivity contribution in [2.24, 2.45) is 0 Å². The molecule has 0 aliphatic carbocycles. The minimum absolute atomic E-state index is 0.0967. The molecule has 0 unspecified atom stereocenters. The second-order valence-electron chi connectivity index (χ2n) is 4.32.